The Hall–Kier alpha value is -3.04. The molecule has 1 aliphatic rings. The minimum Gasteiger partial charge on any atom is -0.491 e. The summed E-state index contributed by atoms with van der Waals surface area (Å²) >= 11 is 0. The van der Waals surface area contributed by atoms with E-state index in [1.165, 1.54) is 6.33 Å². The molecule has 9 heteroatoms. The Balaban J connectivity index is 1.92. The number of carbonyl (C=O) groups is 2. The second kappa shape index (κ2) is 12.6. The van der Waals surface area contributed by atoms with Gasteiger partial charge >= 0.3 is 0 Å². The van der Waals surface area contributed by atoms with Crippen LogP contribution in [-0.4, -0.2) is 77.6 Å². The molecule has 1 aromatic heterocycles. The third-order valence-corrected chi connectivity index (χ3v) is 6.34. The van der Waals surface area contributed by atoms with Crippen LogP contribution in [0.4, 0.5) is 5.69 Å². The Morgan fingerprint density at radius 2 is 1.97 bits per heavy atom. The van der Waals surface area contributed by atoms with Crippen LogP contribution in [0.3, 0.4) is 0 Å². The summed E-state index contributed by atoms with van der Waals surface area (Å²) in [6.07, 6.45) is 6.23. The summed E-state index contributed by atoms with van der Waals surface area (Å²) in [5.74, 6) is 0.406. The van der Waals surface area contributed by atoms with E-state index in [0.717, 1.165) is 18.5 Å². The molecule has 0 bridgehead atoms. The SMILES string of the molecule is CCCC(=O)Nc1ccc2c(c1)OC[C@@H](C)N(Cc1cncnc1)C[C@H](C)[C@H](OC)CN(C)C2=O. The van der Waals surface area contributed by atoms with Crippen LogP contribution >= 0.6 is 0 Å². The van der Waals surface area contributed by atoms with Crippen molar-refractivity contribution in [1.82, 2.24) is 19.8 Å². The summed E-state index contributed by atoms with van der Waals surface area (Å²) in [5.41, 5.74) is 2.08. The van der Waals surface area contributed by atoms with Gasteiger partial charge in [0.25, 0.3) is 5.91 Å². The van der Waals surface area contributed by atoms with Crippen molar-refractivity contribution >= 4 is 17.5 Å². The smallest absolute Gasteiger partial charge is 0.257 e. The predicted octanol–water partition coefficient (Wildman–Crippen LogP) is 3.22. The molecule has 35 heavy (non-hydrogen) atoms. The topological polar surface area (TPSA) is 96.9 Å². The van der Waals surface area contributed by atoms with Crippen molar-refractivity contribution in [2.75, 3.05) is 39.2 Å². The van der Waals surface area contributed by atoms with Crippen molar-refractivity contribution in [1.29, 1.82) is 0 Å². The molecule has 0 spiro atoms. The molecule has 190 valence electrons. The van der Waals surface area contributed by atoms with Crippen molar-refractivity contribution in [3.05, 3.63) is 48.0 Å². The highest BCUT2D eigenvalue weighted by molar-refractivity contribution is 5.98. The summed E-state index contributed by atoms with van der Waals surface area (Å²) in [6.45, 7) is 8.43. The molecule has 2 heterocycles. The first-order valence-electron chi connectivity index (χ1n) is 12.1. The molecule has 2 aromatic rings. The van der Waals surface area contributed by atoms with E-state index in [1.807, 2.05) is 19.3 Å². The number of aromatic nitrogens is 2. The highest BCUT2D eigenvalue weighted by Gasteiger charge is 2.28. The normalized spacial score (nSPS) is 21.9. The molecule has 1 N–H and O–H groups in total. The van der Waals surface area contributed by atoms with Crippen molar-refractivity contribution in [3.8, 4) is 5.75 Å². The quantitative estimate of drug-likeness (QED) is 0.674. The van der Waals surface area contributed by atoms with E-state index in [2.05, 4.69) is 34.0 Å². The molecule has 3 rings (SSSR count). The summed E-state index contributed by atoms with van der Waals surface area (Å²) in [4.78, 5) is 37.7. The average Bonchev–Trinajstić information content (AvgIpc) is 2.85. The van der Waals surface area contributed by atoms with Gasteiger partial charge in [0, 0.05) is 76.0 Å². The van der Waals surface area contributed by atoms with Gasteiger partial charge in [0.15, 0.2) is 0 Å². The van der Waals surface area contributed by atoms with Gasteiger partial charge in [0.1, 0.15) is 18.7 Å². The molecule has 0 unspecified atom stereocenters. The van der Waals surface area contributed by atoms with E-state index in [0.29, 0.717) is 43.1 Å². The zero-order valence-electron chi connectivity index (χ0n) is 21.4. The maximum Gasteiger partial charge on any atom is 0.257 e. The fraction of sp³-hybridized carbons (Fsp3) is 0.538. The zero-order valence-corrected chi connectivity index (χ0v) is 21.4. The number of likely N-dealkylation sites (N-methyl/N-ethyl adjacent to an activating group) is 1. The molecule has 9 nitrogen and oxygen atoms in total. The number of carbonyl (C=O) groups excluding carboxylic acids is 2. The molecule has 2 amide bonds. The van der Waals surface area contributed by atoms with E-state index < -0.39 is 0 Å². The minimum atomic E-state index is -0.146. The largest absolute Gasteiger partial charge is 0.491 e. The Morgan fingerprint density at radius 1 is 1.23 bits per heavy atom. The first kappa shape index (κ1) is 26.6. The summed E-state index contributed by atoms with van der Waals surface area (Å²) in [5, 5.41) is 2.89. The Labute approximate surface area is 207 Å². The maximum absolute atomic E-state index is 13.3. The molecule has 0 aliphatic carbocycles. The van der Waals surface area contributed by atoms with Crippen LogP contribution in [0.2, 0.25) is 0 Å². The van der Waals surface area contributed by atoms with Gasteiger partial charge in [-0.25, -0.2) is 9.97 Å². The van der Waals surface area contributed by atoms with Crippen LogP contribution in [-0.2, 0) is 16.1 Å². The number of hydrogen-bond acceptors (Lipinski definition) is 7. The van der Waals surface area contributed by atoms with Gasteiger partial charge in [-0.3, -0.25) is 14.5 Å². The molecule has 0 saturated carbocycles. The molecule has 0 saturated heterocycles. The highest BCUT2D eigenvalue weighted by Crippen LogP contribution is 2.27. The van der Waals surface area contributed by atoms with Crippen LogP contribution in [0.25, 0.3) is 0 Å². The molecule has 3 atom stereocenters. The number of anilines is 1. The average molecular weight is 484 g/mol. The molecule has 1 aliphatic heterocycles. The van der Waals surface area contributed by atoms with Gasteiger partial charge in [0.05, 0.1) is 11.7 Å². The second-order valence-corrected chi connectivity index (χ2v) is 9.28. The first-order valence-corrected chi connectivity index (χ1v) is 12.1. The number of methoxy groups -OCH3 is 1. The van der Waals surface area contributed by atoms with Crippen LogP contribution < -0.4 is 10.1 Å². The van der Waals surface area contributed by atoms with Gasteiger partial charge in [-0.1, -0.05) is 13.8 Å². The lowest BCUT2D eigenvalue weighted by Gasteiger charge is -2.36. The summed E-state index contributed by atoms with van der Waals surface area (Å²) < 4.78 is 12.0. The highest BCUT2D eigenvalue weighted by atomic mass is 16.5. The number of ether oxygens (including phenoxy) is 2. The number of fused-ring (bicyclic) bond motifs is 1. The standard InChI is InChI=1S/C26H37N5O4/c1-6-7-25(32)29-21-8-9-22-23(10-21)35-16-19(3)31(14-20-11-27-17-28-12-20)13-18(2)24(34-5)15-30(4)26(22)33/h8-12,17-19,24H,6-7,13-16H2,1-5H3,(H,29,32)/t18-,19+,24+/m0/s1. The fourth-order valence-corrected chi connectivity index (χ4v) is 4.24. The van der Waals surface area contributed by atoms with Crippen molar-refractivity contribution < 1.29 is 19.1 Å². The van der Waals surface area contributed by atoms with E-state index in [-0.39, 0.29) is 29.9 Å². The Morgan fingerprint density at radius 3 is 2.66 bits per heavy atom. The Bertz CT molecular complexity index is 987. The van der Waals surface area contributed by atoms with Crippen molar-refractivity contribution in [2.24, 2.45) is 5.92 Å². The van der Waals surface area contributed by atoms with E-state index >= 15 is 0 Å². The number of benzene rings is 1. The van der Waals surface area contributed by atoms with Gasteiger partial charge in [-0.2, -0.15) is 0 Å². The Kier molecular flexibility index (Phi) is 9.56. The van der Waals surface area contributed by atoms with Gasteiger partial charge < -0.3 is 19.7 Å². The third-order valence-electron chi connectivity index (χ3n) is 6.34. The van der Waals surface area contributed by atoms with E-state index in [1.54, 1.807) is 37.3 Å². The monoisotopic (exact) mass is 483 g/mol. The third kappa shape index (κ3) is 7.22. The minimum absolute atomic E-state index is 0.0357. The predicted molar refractivity (Wildman–Crippen MR) is 134 cm³/mol. The number of nitrogens with zero attached hydrogens (tertiary/aromatic N) is 4. The lowest BCUT2D eigenvalue weighted by molar-refractivity contribution is -0.116. The molecule has 1 aromatic carbocycles. The number of amides is 2. The molecular formula is C26H37N5O4. The summed E-state index contributed by atoms with van der Waals surface area (Å²) in [7, 11) is 3.46. The lowest BCUT2D eigenvalue weighted by Crippen LogP contribution is -2.46. The number of rotatable bonds is 6. The first-order chi connectivity index (χ1) is 16.8. The van der Waals surface area contributed by atoms with Gasteiger partial charge in [0.2, 0.25) is 5.91 Å². The van der Waals surface area contributed by atoms with Crippen molar-refractivity contribution in [2.45, 2.75) is 52.3 Å². The maximum atomic E-state index is 13.3. The molecule has 0 radical (unpaired) electrons. The van der Waals surface area contributed by atoms with E-state index in [9.17, 15) is 9.59 Å². The lowest BCUT2D eigenvalue weighted by atomic mass is 10.0. The van der Waals surface area contributed by atoms with Crippen LogP contribution in [0.15, 0.2) is 36.9 Å². The van der Waals surface area contributed by atoms with Crippen LogP contribution in [0.5, 0.6) is 5.75 Å². The van der Waals surface area contributed by atoms with E-state index in [4.69, 9.17) is 9.47 Å². The zero-order chi connectivity index (χ0) is 25.4. The number of nitrogens with one attached hydrogen (secondary N) is 1. The molecule has 0 fully saturated rings. The van der Waals surface area contributed by atoms with Gasteiger partial charge in [-0.05, 0) is 31.4 Å². The van der Waals surface area contributed by atoms with Crippen molar-refractivity contribution in [3.63, 3.8) is 0 Å². The second-order valence-electron chi connectivity index (χ2n) is 9.28. The molecular weight excluding hydrogens is 446 g/mol. The van der Waals surface area contributed by atoms with Crippen LogP contribution in [0, 0.1) is 5.92 Å². The van der Waals surface area contributed by atoms with Gasteiger partial charge in [-0.15, -0.1) is 0 Å². The summed E-state index contributed by atoms with van der Waals surface area (Å²) in [6, 6.07) is 5.23. The fourth-order valence-electron chi connectivity index (χ4n) is 4.24. The number of hydrogen-bond donors (Lipinski definition) is 1. The van der Waals surface area contributed by atoms with Crippen LogP contribution in [0.1, 0.15) is 49.5 Å².